The molecule has 0 radical (unpaired) electrons. The van der Waals surface area contributed by atoms with E-state index in [-0.39, 0.29) is 16.8 Å². The third-order valence-corrected chi connectivity index (χ3v) is 7.19. The van der Waals surface area contributed by atoms with Gasteiger partial charge in [0.2, 0.25) is 10.0 Å². The summed E-state index contributed by atoms with van der Waals surface area (Å²) >= 11 is 0. The molecular formula is C19H29N3O3S. The van der Waals surface area contributed by atoms with E-state index < -0.39 is 10.0 Å². The second-order valence-electron chi connectivity index (χ2n) is 7.61. The van der Waals surface area contributed by atoms with Gasteiger partial charge in [0, 0.05) is 38.9 Å². The van der Waals surface area contributed by atoms with Crippen molar-refractivity contribution >= 4 is 21.6 Å². The molecule has 7 heteroatoms. The molecule has 1 unspecified atom stereocenters. The van der Waals surface area contributed by atoms with E-state index in [1.807, 2.05) is 6.92 Å². The lowest BCUT2D eigenvalue weighted by atomic mass is 10.1. The summed E-state index contributed by atoms with van der Waals surface area (Å²) in [5, 5.41) is 3.07. The minimum atomic E-state index is -3.58. The zero-order valence-corrected chi connectivity index (χ0v) is 16.7. The summed E-state index contributed by atoms with van der Waals surface area (Å²) in [6.45, 7) is 3.83. The molecule has 1 heterocycles. The zero-order chi connectivity index (χ0) is 18.9. The number of nitrogens with one attached hydrogen (secondary N) is 1. The molecule has 3 rings (SSSR count). The molecule has 1 aliphatic heterocycles. The quantitative estimate of drug-likeness (QED) is 0.824. The Morgan fingerprint density at radius 2 is 1.85 bits per heavy atom. The summed E-state index contributed by atoms with van der Waals surface area (Å²) in [5.41, 5.74) is 1.30. The number of benzene rings is 1. The van der Waals surface area contributed by atoms with E-state index in [9.17, 15) is 13.2 Å². The summed E-state index contributed by atoms with van der Waals surface area (Å²) in [6, 6.07) is 5.05. The van der Waals surface area contributed by atoms with Gasteiger partial charge >= 0.3 is 0 Å². The van der Waals surface area contributed by atoms with Crippen molar-refractivity contribution in [3.05, 3.63) is 23.8 Å². The summed E-state index contributed by atoms with van der Waals surface area (Å²) in [7, 11) is -0.572. The van der Waals surface area contributed by atoms with E-state index in [0.29, 0.717) is 11.5 Å². The van der Waals surface area contributed by atoms with Crippen molar-refractivity contribution in [2.75, 3.05) is 32.1 Å². The number of rotatable bonds is 6. The van der Waals surface area contributed by atoms with Gasteiger partial charge in [-0.25, -0.2) is 12.7 Å². The highest BCUT2D eigenvalue weighted by molar-refractivity contribution is 7.89. The largest absolute Gasteiger partial charge is 0.371 e. The molecule has 0 aromatic heterocycles. The van der Waals surface area contributed by atoms with Crippen LogP contribution in [0.1, 0.15) is 49.4 Å². The van der Waals surface area contributed by atoms with Crippen molar-refractivity contribution in [3.63, 3.8) is 0 Å². The van der Waals surface area contributed by atoms with Crippen LogP contribution in [0.25, 0.3) is 0 Å². The highest BCUT2D eigenvalue weighted by atomic mass is 32.2. The maximum Gasteiger partial charge on any atom is 0.253 e. The van der Waals surface area contributed by atoms with Crippen molar-refractivity contribution in [1.82, 2.24) is 9.62 Å². The average molecular weight is 380 g/mol. The smallest absolute Gasteiger partial charge is 0.253 e. The number of amides is 1. The van der Waals surface area contributed by atoms with E-state index in [1.165, 1.54) is 30.9 Å². The van der Waals surface area contributed by atoms with Crippen LogP contribution in [-0.2, 0) is 10.0 Å². The van der Waals surface area contributed by atoms with Gasteiger partial charge in [0.05, 0.1) is 10.5 Å². The topological polar surface area (TPSA) is 69.7 Å². The lowest BCUT2D eigenvalue weighted by Gasteiger charge is -2.31. The maximum absolute atomic E-state index is 13.0. The van der Waals surface area contributed by atoms with Gasteiger partial charge in [0.25, 0.3) is 5.91 Å². The van der Waals surface area contributed by atoms with Crippen molar-refractivity contribution in [2.45, 2.75) is 50.0 Å². The number of nitrogens with zero attached hydrogens (tertiary/aromatic N) is 2. The van der Waals surface area contributed by atoms with Crippen LogP contribution in [0.3, 0.4) is 0 Å². The standard InChI is InChI=1S/C19H29N3O3S/c1-14(15-7-8-15)20-19(23)17-13-16(26(24,25)21(2)3)9-10-18(17)22-11-5-4-6-12-22/h9-10,13-15H,4-8,11-12H2,1-3H3,(H,20,23). The molecular weight excluding hydrogens is 350 g/mol. The Morgan fingerprint density at radius 3 is 2.42 bits per heavy atom. The van der Waals surface area contributed by atoms with E-state index in [1.54, 1.807) is 12.1 Å². The first-order valence-corrected chi connectivity index (χ1v) is 10.9. The molecule has 1 aromatic rings. The van der Waals surface area contributed by atoms with E-state index in [4.69, 9.17) is 0 Å². The normalized spacial score (nSPS) is 19.5. The number of carbonyl (C=O) groups is 1. The van der Waals surface area contributed by atoms with Gasteiger partial charge in [-0.15, -0.1) is 0 Å². The fraction of sp³-hybridized carbons (Fsp3) is 0.632. The van der Waals surface area contributed by atoms with Gasteiger partial charge in [-0.3, -0.25) is 4.79 Å². The number of anilines is 1. The van der Waals surface area contributed by atoms with E-state index in [0.717, 1.165) is 44.5 Å². The molecule has 1 amide bonds. The summed E-state index contributed by atoms with van der Waals surface area (Å²) in [4.78, 5) is 15.3. The van der Waals surface area contributed by atoms with Gasteiger partial charge in [-0.05, 0) is 63.1 Å². The third kappa shape index (κ3) is 4.04. The van der Waals surface area contributed by atoms with Gasteiger partial charge in [0.1, 0.15) is 0 Å². The predicted molar refractivity (Wildman–Crippen MR) is 103 cm³/mol. The molecule has 1 aromatic carbocycles. The Bertz CT molecular complexity index is 766. The molecule has 1 atom stereocenters. The Balaban J connectivity index is 1.96. The van der Waals surface area contributed by atoms with Crippen molar-refractivity contribution < 1.29 is 13.2 Å². The highest BCUT2D eigenvalue weighted by Crippen LogP contribution is 2.33. The first kappa shape index (κ1) is 19.2. The molecule has 0 spiro atoms. The molecule has 1 saturated heterocycles. The molecule has 144 valence electrons. The Hall–Kier alpha value is -1.60. The fourth-order valence-electron chi connectivity index (χ4n) is 3.48. The van der Waals surface area contributed by atoms with Crippen LogP contribution < -0.4 is 10.2 Å². The Kier molecular flexibility index (Phi) is 5.58. The Morgan fingerprint density at radius 1 is 1.19 bits per heavy atom. The summed E-state index contributed by atoms with van der Waals surface area (Å²) in [5.74, 6) is 0.367. The van der Waals surface area contributed by atoms with Crippen LogP contribution in [0.15, 0.2) is 23.1 Å². The number of hydrogen-bond donors (Lipinski definition) is 1. The highest BCUT2D eigenvalue weighted by Gasteiger charge is 2.30. The molecule has 1 saturated carbocycles. The van der Waals surface area contributed by atoms with Crippen LogP contribution in [0.4, 0.5) is 5.69 Å². The molecule has 0 bridgehead atoms. The minimum Gasteiger partial charge on any atom is -0.371 e. The molecule has 2 fully saturated rings. The molecule has 1 N–H and O–H groups in total. The summed E-state index contributed by atoms with van der Waals surface area (Å²) in [6.07, 6.45) is 5.68. The minimum absolute atomic E-state index is 0.116. The molecule has 6 nitrogen and oxygen atoms in total. The van der Waals surface area contributed by atoms with Gasteiger partial charge in [-0.2, -0.15) is 0 Å². The first-order chi connectivity index (χ1) is 12.3. The number of piperidine rings is 1. The Labute approximate surface area is 156 Å². The second kappa shape index (κ2) is 7.56. The van der Waals surface area contributed by atoms with Gasteiger partial charge in [0.15, 0.2) is 0 Å². The van der Waals surface area contributed by atoms with Crippen molar-refractivity contribution in [3.8, 4) is 0 Å². The first-order valence-electron chi connectivity index (χ1n) is 9.43. The summed E-state index contributed by atoms with van der Waals surface area (Å²) < 4.78 is 26.2. The van der Waals surface area contributed by atoms with Crippen molar-refractivity contribution in [1.29, 1.82) is 0 Å². The second-order valence-corrected chi connectivity index (χ2v) is 9.77. The number of sulfonamides is 1. The van der Waals surface area contributed by atoms with Crippen LogP contribution in [0.5, 0.6) is 0 Å². The number of carbonyl (C=O) groups excluding carboxylic acids is 1. The average Bonchev–Trinajstić information content (AvgIpc) is 3.47. The van der Waals surface area contributed by atoms with E-state index >= 15 is 0 Å². The number of hydrogen-bond acceptors (Lipinski definition) is 4. The lowest BCUT2D eigenvalue weighted by molar-refractivity contribution is 0.0936. The zero-order valence-electron chi connectivity index (χ0n) is 15.9. The maximum atomic E-state index is 13.0. The van der Waals surface area contributed by atoms with Crippen LogP contribution in [0.2, 0.25) is 0 Å². The SMILES string of the molecule is CC(NC(=O)c1cc(S(=O)(=O)N(C)C)ccc1N1CCCCC1)C1CC1. The monoisotopic (exact) mass is 379 g/mol. The fourth-order valence-corrected chi connectivity index (χ4v) is 4.41. The predicted octanol–water partition coefficient (Wildman–Crippen LogP) is 2.46. The third-order valence-electron chi connectivity index (χ3n) is 5.38. The van der Waals surface area contributed by atoms with Crippen LogP contribution in [-0.4, -0.2) is 51.9 Å². The van der Waals surface area contributed by atoms with Gasteiger partial charge < -0.3 is 10.2 Å². The molecule has 2 aliphatic rings. The van der Waals surface area contributed by atoms with Gasteiger partial charge in [-0.1, -0.05) is 0 Å². The van der Waals surface area contributed by atoms with Crippen LogP contribution >= 0.6 is 0 Å². The van der Waals surface area contributed by atoms with Crippen LogP contribution in [0, 0.1) is 5.92 Å². The van der Waals surface area contributed by atoms with Crippen molar-refractivity contribution in [2.24, 2.45) is 5.92 Å². The molecule has 1 aliphatic carbocycles. The van der Waals surface area contributed by atoms with E-state index in [2.05, 4.69) is 10.2 Å². The molecule has 26 heavy (non-hydrogen) atoms. The lowest BCUT2D eigenvalue weighted by Crippen LogP contribution is -2.37.